The number of alkyl halides is 3. The highest BCUT2D eigenvalue weighted by Crippen LogP contribution is 2.43. The molecule has 1 fully saturated rings. The lowest BCUT2D eigenvalue weighted by atomic mass is 9.70. The van der Waals surface area contributed by atoms with E-state index < -0.39 is 6.36 Å². The molecule has 2 aromatic carbocycles. The normalized spacial score (nSPS) is 17.3. The fourth-order valence-electron chi connectivity index (χ4n) is 5.82. The second-order valence-corrected chi connectivity index (χ2v) is 11.2. The first-order chi connectivity index (χ1) is 18.9. The van der Waals surface area contributed by atoms with Crippen molar-refractivity contribution in [3.63, 3.8) is 0 Å². The summed E-state index contributed by atoms with van der Waals surface area (Å²) in [6, 6.07) is 11.6. The molecule has 0 saturated heterocycles. The van der Waals surface area contributed by atoms with E-state index in [1.807, 2.05) is 32.0 Å². The first kappa shape index (κ1) is 27.6. The molecule has 0 amide bonds. The second-order valence-electron chi connectivity index (χ2n) is 11.2. The van der Waals surface area contributed by atoms with Gasteiger partial charge in [0.05, 0.1) is 23.2 Å². The summed E-state index contributed by atoms with van der Waals surface area (Å²) in [5.74, 6) is 1.75. The zero-order chi connectivity index (χ0) is 28.7. The lowest BCUT2D eigenvalue weighted by Gasteiger charge is -2.37. The Labute approximate surface area is 231 Å². The number of aryl methyl sites for hydroxylation is 1. The van der Waals surface area contributed by atoms with Crippen LogP contribution in [0.4, 0.5) is 24.8 Å². The van der Waals surface area contributed by atoms with Crippen LogP contribution < -0.4 is 14.8 Å². The third kappa shape index (κ3) is 6.11. The van der Waals surface area contributed by atoms with Gasteiger partial charge in [-0.3, -0.25) is 0 Å². The number of hydrogen-bond acceptors (Lipinski definition) is 6. The van der Waals surface area contributed by atoms with Crippen molar-refractivity contribution < 1.29 is 27.2 Å². The van der Waals surface area contributed by atoms with Crippen molar-refractivity contribution in [2.45, 2.75) is 59.9 Å². The van der Waals surface area contributed by atoms with Crippen LogP contribution in [0.5, 0.6) is 11.6 Å². The molecule has 1 saturated carbocycles. The van der Waals surface area contributed by atoms with Gasteiger partial charge in [-0.15, -0.1) is 13.2 Å². The van der Waals surface area contributed by atoms with Gasteiger partial charge in [-0.1, -0.05) is 32.1 Å². The molecule has 2 heterocycles. The first-order valence-electron chi connectivity index (χ1n) is 13.3. The highest BCUT2D eigenvalue weighted by atomic mass is 19.4. The summed E-state index contributed by atoms with van der Waals surface area (Å²) >= 11 is 0. The van der Waals surface area contributed by atoms with Crippen molar-refractivity contribution in [1.82, 2.24) is 14.7 Å². The third-order valence-electron chi connectivity index (χ3n) is 7.08. The Morgan fingerprint density at radius 2 is 1.93 bits per heavy atom. The van der Waals surface area contributed by atoms with Crippen molar-refractivity contribution in [2.75, 3.05) is 11.9 Å². The molecular formula is C30H33F3N4O3. The number of ether oxygens (including phenoxy) is 2. The molecule has 1 atom stereocenters. The molecule has 1 aliphatic rings. The van der Waals surface area contributed by atoms with E-state index in [1.54, 1.807) is 0 Å². The quantitative estimate of drug-likeness (QED) is 0.220. The number of aromatic nitrogens is 3. The molecule has 212 valence electrons. The fraction of sp³-hybridized carbons (Fsp3) is 0.400. The Morgan fingerprint density at radius 3 is 2.60 bits per heavy atom. The molecule has 40 heavy (non-hydrogen) atoms. The Bertz CT molecular complexity index is 1520. The van der Waals surface area contributed by atoms with Crippen molar-refractivity contribution in [2.24, 2.45) is 11.3 Å². The topological polar surface area (TPSA) is 74.3 Å². The number of nitrogens with one attached hydrogen (secondary N) is 1. The maximum atomic E-state index is 12.6. The highest BCUT2D eigenvalue weighted by Gasteiger charge is 2.32. The van der Waals surface area contributed by atoms with Crippen molar-refractivity contribution in [3.8, 4) is 22.8 Å². The first-order valence-corrected chi connectivity index (χ1v) is 13.3. The fourth-order valence-corrected chi connectivity index (χ4v) is 5.82. The third-order valence-corrected chi connectivity index (χ3v) is 7.08. The minimum absolute atomic E-state index is 0.160. The zero-order valence-corrected chi connectivity index (χ0v) is 23.1. The van der Waals surface area contributed by atoms with E-state index in [4.69, 9.17) is 14.2 Å². The number of fused-ring (bicyclic) bond motifs is 1. The molecule has 0 unspecified atom stereocenters. The number of halogens is 3. The van der Waals surface area contributed by atoms with Crippen molar-refractivity contribution in [3.05, 3.63) is 60.4 Å². The van der Waals surface area contributed by atoms with Gasteiger partial charge >= 0.3 is 6.36 Å². The standard InChI is InChI=1S/C30H33F3N4O3/c1-6-38-27-26(19(3)40-36-27)21-7-12-25-24(14-21)35-28(34-22-8-10-23(11-9-22)39-30(31,32)33)37(25)17-20-13-18(2)15-29(4,5)16-20/h7-12,14,20H,2,6,13,15-17H2,1,3-5H3,(H,34,35)/t20-/m1/s1. The van der Waals surface area contributed by atoms with E-state index in [1.165, 1.54) is 29.8 Å². The number of benzene rings is 2. The molecule has 2 aromatic heterocycles. The smallest absolute Gasteiger partial charge is 0.475 e. The minimum Gasteiger partial charge on any atom is -0.475 e. The Balaban J connectivity index is 1.52. The molecule has 1 N–H and O–H groups in total. The van der Waals surface area contributed by atoms with Gasteiger partial charge in [-0.2, -0.15) is 0 Å². The molecule has 0 radical (unpaired) electrons. The Kier molecular flexibility index (Phi) is 7.29. The summed E-state index contributed by atoms with van der Waals surface area (Å²) in [5, 5.41) is 7.35. The molecule has 0 aliphatic heterocycles. The van der Waals surface area contributed by atoms with E-state index in [-0.39, 0.29) is 11.2 Å². The minimum atomic E-state index is -4.75. The summed E-state index contributed by atoms with van der Waals surface area (Å²) in [5.41, 5.74) is 5.33. The van der Waals surface area contributed by atoms with E-state index >= 15 is 0 Å². The van der Waals surface area contributed by atoms with Crippen LogP contribution in [0, 0.1) is 18.3 Å². The number of anilines is 2. The number of hydrogen-bond donors (Lipinski definition) is 1. The molecule has 7 nitrogen and oxygen atoms in total. The molecule has 10 heteroatoms. The van der Waals surface area contributed by atoms with E-state index in [0.717, 1.165) is 41.4 Å². The van der Waals surface area contributed by atoms with Crippen LogP contribution in [0.1, 0.15) is 45.8 Å². The molecule has 0 bridgehead atoms. The lowest BCUT2D eigenvalue weighted by Crippen LogP contribution is -2.27. The number of imidazole rings is 1. The van der Waals surface area contributed by atoms with Gasteiger partial charge in [0.2, 0.25) is 5.95 Å². The Morgan fingerprint density at radius 1 is 1.18 bits per heavy atom. The van der Waals surface area contributed by atoms with E-state index in [0.29, 0.717) is 42.3 Å². The molecule has 0 spiro atoms. The van der Waals surface area contributed by atoms with Gasteiger partial charge in [-0.05, 0) is 91.6 Å². The van der Waals surface area contributed by atoms with Crippen molar-refractivity contribution in [1.29, 1.82) is 0 Å². The summed E-state index contributed by atoms with van der Waals surface area (Å²) in [6.45, 7) is 13.7. The monoisotopic (exact) mass is 554 g/mol. The van der Waals surface area contributed by atoms with Crippen LogP contribution in [0.25, 0.3) is 22.2 Å². The highest BCUT2D eigenvalue weighted by molar-refractivity contribution is 5.86. The van der Waals surface area contributed by atoms with Crippen LogP contribution in [-0.2, 0) is 6.54 Å². The molecule has 1 aliphatic carbocycles. The average Bonchev–Trinajstić information content (AvgIpc) is 3.37. The van der Waals surface area contributed by atoms with Crippen molar-refractivity contribution >= 4 is 22.7 Å². The SMILES string of the molecule is C=C1C[C@@H](Cn2c(Nc3ccc(OC(F)(F)F)cc3)nc3cc(-c4c(OCC)noc4C)ccc32)CC(C)(C)C1. The predicted octanol–water partition coefficient (Wildman–Crippen LogP) is 8.42. The van der Waals surface area contributed by atoms with Crippen LogP contribution >= 0.6 is 0 Å². The lowest BCUT2D eigenvalue weighted by molar-refractivity contribution is -0.274. The number of nitrogens with zero attached hydrogens (tertiary/aromatic N) is 3. The summed E-state index contributed by atoms with van der Waals surface area (Å²) < 4.78 is 55.1. The summed E-state index contributed by atoms with van der Waals surface area (Å²) in [4.78, 5) is 4.91. The van der Waals surface area contributed by atoms with Gasteiger partial charge in [0.25, 0.3) is 5.88 Å². The van der Waals surface area contributed by atoms with Gasteiger partial charge in [0, 0.05) is 12.2 Å². The van der Waals surface area contributed by atoms with Crippen LogP contribution in [0.15, 0.2) is 59.1 Å². The van der Waals surface area contributed by atoms with Gasteiger partial charge in [-0.25, -0.2) is 4.98 Å². The largest absolute Gasteiger partial charge is 0.573 e. The van der Waals surface area contributed by atoms with Crippen LogP contribution in [-0.4, -0.2) is 27.7 Å². The Hall–Kier alpha value is -3.95. The van der Waals surface area contributed by atoms with Gasteiger partial charge in [0.1, 0.15) is 11.5 Å². The van der Waals surface area contributed by atoms with Crippen LogP contribution in [0.2, 0.25) is 0 Å². The number of rotatable bonds is 8. The molecular weight excluding hydrogens is 521 g/mol. The zero-order valence-electron chi connectivity index (χ0n) is 23.1. The van der Waals surface area contributed by atoms with Crippen LogP contribution in [0.3, 0.4) is 0 Å². The summed E-state index contributed by atoms with van der Waals surface area (Å²) in [7, 11) is 0. The molecule has 5 rings (SSSR count). The average molecular weight is 555 g/mol. The summed E-state index contributed by atoms with van der Waals surface area (Å²) in [6.07, 6.45) is -1.76. The second kappa shape index (κ2) is 10.6. The van der Waals surface area contributed by atoms with E-state index in [9.17, 15) is 13.2 Å². The maximum absolute atomic E-state index is 12.6. The van der Waals surface area contributed by atoms with Gasteiger partial charge in [0.15, 0.2) is 0 Å². The molecule has 4 aromatic rings. The predicted molar refractivity (Wildman–Crippen MR) is 148 cm³/mol. The maximum Gasteiger partial charge on any atom is 0.573 e. The number of allylic oxidation sites excluding steroid dienone is 1. The van der Waals surface area contributed by atoms with Gasteiger partial charge < -0.3 is 23.9 Å². The van der Waals surface area contributed by atoms with E-state index in [2.05, 4.69) is 40.2 Å².